The third-order valence-corrected chi connectivity index (χ3v) is 9.48. The van der Waals surface area contributed by atoms with E-state index in [1.807, 2.05) is 41.8 Å². The Morgan fingerprint density at radius 2 is 2.02 bits per heavy atom. The molecule has 3 aromatic rings. The van der Waals surface area contributed by atoms with Gasteiger partial charge in [-0.3, -0.25) is 9.59 Å². The lowest BCUT2D eigenvalue weighted by Crippen LogP contribution is -2.53. The number of benzene rings is 1. The van der Waals surface area contributed by atoms with Gasteiger partial charge < -0.3 is 30.1 Å². The van der Waals surface area contributed by atoms with Gasteiger partial charge >= 0.3 is 5.97 Å². The smallest absolute Gasteiger partial charge is 0.330 e. The van der Waals surface area contributed by atoms with Crippen molar-refractivity contribution < 1.29 is 29.0 Å². The first-order chi connectivity index (χ1) is 21.7. The van der Waals surface area contributed by atoms with Crippen LogP contribution in [0, 0.1) is 5.92 Å². The Kier molecular flexibility index (Phi) is 8.67. The van der Waals surface area contributed by atoms with Crippen LogP contribution in [0.1, 0.15) is 58.8 Å². The minimum Gasteiger partial charge on any atom is -0.497 e. The first-order valence-corrected chi connectivity index (χ1v) is 16.4. The molecule has 3 N–H and O–H groups in total. The van der Waals surface area contributed by atoms with Gasteiger partial charge in [-0.1, -0.05) is 18.6 Å². The number of fused-ring (bicyclic) bond motifs is 3. The molecule has 11 nitrogen and oxygen atoms in total. The molecule has 45 heavy (non-hydrogen) atoms. The molecule has 238 valence electrons. The van der Waals surface area contributed by atoms with E-state index in [1.165, 1.54) is 11.3 Å². The fraction of sp³-hybridized carbons (Fsp3) is 0.485. The number of nitrogens with zero attached hydrogens (tertiary/aromatic N) is 3. The second-order valence-electron chi connectivity index (χ2n) is 12.4. The maximum Gasteiger partial charge on any atom is 0.330 e. The highest BCUT2D eigenvalue weighted by molar-refractivity contribution is 7.14. The van der Waals surface area contributed by atoms with E-state index >= 15 is 0 Å². The number of aromatic nitrogens is 2. The van der Waals surface area contributed by atoms with Crippen molar-refractivity contribution in [2.75, 3.05) is 19.0 Å². The van der Waals surface area contributed by atoms with Gasteiger partial charge in [0.15, 0.2) is 5.13 Å². The number of carbonyl (C=O) groups excluding carboxylic acids is 2. The molecule has 3 aliphatic rings. The molecule has 2 fully saturated rings. The zero-order valence-corrected chi connectivity index (χ0v) is 26.6. The number of carbonyl (C=O) groups is 3. The van der Waals surface area contributed by atoms with Crippen molar-refractivity contribution >= 4 is 45.2 Å². The summed E-state index contributed by atoms with van der Waals surface area (Å²) in [6, 6.07) is 6.80. The molecule has 4 atom stereocenters. The maximum absolute atomic E-state index is 13.7. The Hall–Kier alpha value is -4.19. The van der Waals surface area contributed by atoms with Gasteiger partial charge in [-0.05, 0) is 51.7 Å². The van der Waals surface area contributed by atoms with Gasteiger partial charge in [-0.25, -0.2) is 14.8 Å². The van der Waals surface area contributed by atoms with E-state index in [4.69, 9.17) is 19.4 Å². The minimum absolute atomic E-state index is 0.122. The van der Waals surface area contributed by atoms with Crippen LogP contribution in [-0.2, 0) is 14.4 Å². The van der Waals surface area contributed by atoms with Crippen molar-refractivity contribution in [3.8, 4) is 22.9 Å². The third kappa shape index (κ3) is 6.47. The molecule has 2 aromatic heterocycles. The number of carboxylic acids is 1. The Bertz CT molecular complexity index is 1640. The molecule has 1 aromatic carbocycles. The molecule has 0 radical (unpaired) electrons. The van der Waals surface area contributed by atoms with E-state index in [-0.39, 0.29) is 30.8 Å². The van der Waals surface area contributed by atoms with Crippen molar-refractivity contribution in [2.24, 2.45) is 5.92 Å². The van der Waals surface area contributed by atoms with Crippen molar-refractivity contribution in [2.45, 2.75) is 82.5 Å². The van der Waals surface area contributed by atoms with Gasteiger partial charge in [0, 0.05) is 47.7 Å². The molecule has 0 unspecified atom stereocenters. The van der Waals surface area contributed by atoms with E-state index in [0.717, 1.165) is 36.2 Å². The van der Waals surface area contributed by atoms with E-state index in [1.54, 1.807) is 12.0 Å². The van der Waals surface area contributed by atoms with Crippen LogP contribution in [0.5, 0.6) is 11.5 Å². The first-order valence-electron chi connectivity index (χ1n) is 15.6. The summed E-state index contributed by atoms with van der Waals surface area (Å²) in [5.74, 6) is -0.688. The van der Waals surface area contributed by atoms with Crippen LogP contribution in [0.15, 0.2) is 41.8 Å². The molecule has 4 heterocycles. The predicted molar refractivity (Wildman–Crippen MR) is 172 cm³/mol. The van der Waals surface area contributed by atoms with E-state index in [9.17, 15) is 19.5 Å². The van der Waals surface area contributed by atoms with E-state index < -0.39 is 29.6 Å². The summed E-state index contributed by atoms with van der Waals surface area (Å²) in [6.45, 7) is 4.32. The summed E-state index contributed by atoms with van der Waals surface area (Å²) in [5.41, 5.74) is 0.649. The lowest BCUT2D eigenvalue weighted by molar-refractivity contribution is -0.145. The number of nitrogens with one attached hydrogen (secondary N) is 2. The van der Waals surface area contributed by atoms with Crippen LogP contribution < -0.4 is 20.1 Å². The van der Waals surface area contributed by atoms with Gasteiger partial charge in [0.1, 0.15) is 34.9 Å². The number of thiazole rings is 1. The largest absolute Gasteiger partial charge is 0.497 e. The number of pyridine rings is 1. The number of rotatable bonds is 7. The lowest BCUT2D eigenvalue weighted by atomic mass is 10.1. The molecule has 0 bridgehead atoms. The molecule has 12 heteroatoms. The number of hydrogen-bond acceptors (Lipinski definition) is 9. The molecule has 1 saturated heterocycles. The number of allylic oxidation sites excluding steroid dienone is 1. The van der Waals surface area contributed by atoms with Gasteiger partial charge in [-0.15, -0.1) is 11.3 Å². The molecule has 1 saturated carbocycles. The average Bonchev–Trinajstić information content (AvgIpc) is 3.30. The number of amides is 2. The number of aliphatic carboxylic acids is 1. The first kappa shape index (κ1) is 30.8. The van der Waals surface area contributed by atoms with Gasteiger partial charge in [0.2, 0.25) is 11.8 Å². The van der Waals surface area contributed by atoms with Crippen LogP contribution in [-0.4, -0.2) is 75.1 Å². The second kappa shape index (κ2) is 12.7. The molecule has 2 amide bonds. The summed E-state index contributed by atoms with van der Waals surface area (Å²) in [4.78, 5) is 50.5. The van der Waals surface area contributed by atoms with E-state index in [0.29, 0.717) is 41.2 Å². The van der Waals surface area contributed by atoms with Gasteiger partial charge in [-0.2, -0.15) is 0 Å². The Morgan fingerprint density at radius 3 is 2.80 bits per heavy atom. The SMILES string of the molecule is COc1ccc2c(O[C@@H]3C[C@H]4C(=O)N[C@]5(C(=O)O)C[C@H]5/C=C\CCCCCC(=O)N4C3)cc(-c3csc(NC(C)C)n3)nc2c1. The molecule has 2 aliphatic heterocycles. The normalized spacial score (nSPS) is 26.0. The van der Waals surface area contributed by atoms with Crippen molar-refractivity contribution in [3.63, 3.8) is 0 Å². The highest BCUT2D eigenvalue weighted by Crippen LogP contribution is 2.45. The highest BCUT2D eigenvalue weighted by atomic mass is 32.1. The van der Waals surface area contributed by atoms with Crippen molar-refractivity contribution in [1.82, 2.24) is 20.2 Å². The standard InChI is InChI=1S/C33H39N5O6S/c1-19(2)34-32-36-26(18-45-32)25-15-28(23-12-11-21(43-3)13-24(23)35-25)44-22-14-27-30(40)37-33(31(41)42)16-20(33)9-7-5-4-6-8-10-29(39)38(27)17-22/h7,9,11-13,15,18-20,22,27H,4-6,8,10,14,16-17H2,1-3H3,(H,34,36)(H,37,40)(H,41,42)/b9-7-/t20-,22-,27+,33-/m1/s1. The predicted octanol–water partition coefficient (Wildman–Crippen LogP) is 5.02. The molecular formula is C33H39N5O6S. The summed E-state index contributed by atoms with van der Waals surface area (Å²) in [5, 5.41) is 19.6. The van der Waals surface area contributed by atoms with Crippen LogP contribution in [0.4, 0.5) is 5.13 Å². The lowest BCUT2D eigenvalue weighted by Gasteiger charge is -2.25. The Labute approximate surface area is 266 Å². The number of carboxylic acid groups (broad SMARTS) is 1. The van der Waals surface area contributed by atoms with Crippen LogP contribution in [0.3, 0.4) is 0 Å². The maximum atomic E-state index is 13.7. The molecule has 6 rings (SSSR count). The molecule has 0 spiro atoms. The number of ether oxygens (including phenoxy) is 2. The fourth-order valence-electron chi connectivity index (χ4n) is 6.21. The van der Waals surface area contributed by atoms with Crippen LogP contribution in [0.25, 0.3) is 22.3 Å². The topological polar surface area (TPSA) is 143 Å². The van der Waals surface area contributed by atoms with Crippen LogP contribution >= 0.6 is 11.3 Å². The highest BCUT2D eigenvalue weighted by Gasteiger charge is 2.61. The zero-order chi connectivity index (χ0) is 31.7. The average molecular weight is 634 g/mol. The number of anilines is 1. The van der Waals surface area contributed by atoms with Gasteiger partial charge in [0.25, 0.3) is 0 Å². The molecule has 1 aliphatic carbocycles. The van der Waals surface area contributed by atoms with Crippen molar-refractivity contribution in [3.05, 3.63) is 41.8 Å². The monoisotopic (exact) mass is 633 g/mol. The fourth-order valence-corrected chi connectivity index (χ4v) is 7.06. The Morgan fingerprint density at radius 1 is 1.18 bits per heavy atom. The zero-order valence-electron chi connectivity index (χ0n) is 25.7. The Balaban J connectivity index is 1.30. The number of hydrogen-bond donors (Lipinski definition) is 3. The van der Waals surface area contributed by atoms with Crippen molar-refractivity contribution in [1.29, 1.82) is 0 Å². The molecular weight excluding hydrogens is 594 g/mol. The van der Waals surface area contributed by atoms with E-state index in [2.05, 4.69) is 24.5 Å². The second-order valence-corrected chi connectivity index (χ2v) is 13.2. The summed E-state index contributed by atoms with van der Waals surface area (Å²) in [6.07, 6.45) is 7.67. The summed E-state index contributed by atoms with van der Waals surface area (Å²) < 4.78 is 12.1. The minimum atomic E-state index is -1.34. The summed E-state index contributed by atoms with van der Waals surface area (Å²) in [7, 11) is 1.60. The number of methoxy groups -OCH3 is 1. The summed E-state index contributed by atoms with van der Waals surface area (Å²) >= 11 is 1.49. The third-order valence-electron chi connectivity index (χ3n) is 8.71. The quantitative estimate of drug-likeness (QED) is 0.306. The van der Waals surface area contributed by atoms with Gasteiger partial charge in [0.05, 0.1) is 24.9 Å². The van der Waals surface area contributed by atoms with Crippen LogP contribution in [0.2, 0.25) is 0 Å².